The summed E-state index contributed by atoms with van der Waals surface area (Å²) in [4.78, 5) is 16.3. The van der Waals surface area contributed by atoms with Crippen LogP contribution in [0.2, 0.25) is 0 Å². The van der Waals surface area contributed by atoms with Gasteiger partial charge >= 0.3 is 0 Å². The topological polar surface area (TPSA) is 32.8 Å². The molecule has 0 radical (unpaired) electrons. The van der Waals surface area contributed by atoms with E-state index in [0.717, 1.165) is 26.3 Å². The second-order valence-electron chi connectivity index (χ2n) is 4.88. The molecule has 1 aliphatic rings. The summed E-state index contributed by atoms with van der Waals surface area (Å²) in [5.41, 5.74) is 0. The molecule has 1 saturated heterocycles. The zero-order valence-corrected chi connectivity index (χ0v) is 10.9. The van der Waals surface area contributed by atoms with Gasteiger partial charge in [-0.25, -0.2) is 0 Å². The summed E-state index contributed by atoms with van der Waals surface area (Å²) in [6, 6.07) is 0.544. The van der Waals surface area contributed by atoms with E-state index in [0.29, 0.717) is 6.54 Å². The van der Waals surface area contributed by atoms with Crippen LogP contribution in [0.25, 0.3) is 0 Å². The molecular formula is C12H24N2O2. The fourth-order valence-corrected chi connectivity index (χ4v) is 2.20. The Morgan fingerprint density at radius 3 is 2.12 bits per heavy atom. The van der Waals surface area contributed by atoms with Gasteiger partial charge in [-0.3, -0.25) is 9.69 Å². The Morgan fingerprint density at radius 1 is 1.19 bits per heavy atom. The van der Waals surface area contributed by atoms with Gasteiger partial charge in [0.05, 0.1) is 19.8 Å². The molecule has 94 valence electrons. The van der Waals surface area contributed by atoms with Gasteiger partial charge in [-0.15, -0.1) is 0 Å². The Morgan fingerprint density at radius 2 is 1.69 bits per heavy atom. The van der Waals surface area contributed by atoms with E-state index in [1.54, 1.807) is 0 Å². The minimum atomic E-state index is 0.229. The fourth-order valence-electron chi connectivity index (χ4n) is 2.20. The van der Waals surface area contributed by atoms with Gasteiger partial charge in [0.25, 0.3) is 0 Å². The first-order valence-electron chi connectivity index (χ1n) is 6.13. The Bertz CT molecular complexity index is 215. The van der Waals surface area contributed by atoms with Crippen molar-refractivity contribution >= 4 is 5.91 Å². The molecule has 0 aromatic rings. The summed E-state index contributed by atoms with van der Waals surface area (Å²) in [6.07, 6.45) is 0. The molecule has 16 heavy (non-hydrogen) atoms. The van der Waals surface area contributed by atoms with Crippen LogP contribution in [-0.2, 0) is 9.53 Å². The van der Waals surface area contributed by atoms with Crippen molar-refractivity contribution in [3.05, 3.63) is 0 Å². The normalized spacial score (nSPS) is 18.1. The highest BCUT2D eigenvalue weighted by molar-refractivity contribution is 5.78. The van der Waals surface area contributed by atoms with Crippen LogP contribution in [-0.4, -0.2) is 60.6 Å². The number of morpholine rings is 1. The van der Waals surface area contributed by atoms with Crippen molar-refractivity contribution < 1.29 is 9.53 Å². The number of rotatable bonds is 4. The fraction of sp³-hybridized carbons (Fsp3) is 0.917. The minimum absolute atomic E-state index is 0.229. The molecule has 0 saturated carbocycles. The molecule has 1 rings (SSSR count). The largest absolute Gasteiger partial charge is 0.379 e. The average Bonchev–Trinajstić information content (AvgIpc) is 2.17. The summed E-state index contributed by atoms with van der Waals surface area (Å²) in [5.74, 6) is 0.229. The molecule has 1 fully saturated rings. The smallest absolute Gasteiger partial charge is 0.237 e. The summed E-state index contributed by atoms with van der Waals surface area (Å²) in [5, 5.41) is 0. The maximum atomic E-state index is 12.1. The average molecular weight is 228 g/mol. The second kappa shape index (κ2) is 6.21. The standard InChI is InChI=1S/C12H24N2O2/c1-10(2)14(11(3)4)12(15)9-13-5-7-16-8-6-13/h10-11H,5-9H2,1-4H3. The van der Waals surface area contributed by atoms with E-state index < -0.39 is 0 Å². The van der Waals surface area contributed by atoms with E-state index in [2.05, 4.69) is 32.6 Å². The maximum absolute atomic E-state index is 12.1. The highest BCUT2D eigenvalue weighted by Gasteiger charge is 2.22. The number of hydrogen-bond donors (Lipinski definition) is 0. The molecule has 0 atom stereocenters. The minimum Gasteiger partial charge on any atom is -0.379 e. The molecule has 1 aliphatic heterocycles. The van der Waals surface area contributed by atoms with Gasteiger partial charge in [0.1, 0.15) is 0 Å². The van der Waals surface area contributed by atoms with E-state index >= 15 is 0 Å². The molecule has 1 heterocycles. The lowest BCUT2D eigenvalue weighted by Gasteiger charge is -2.34. The van der Waals surface area contributed by atoms with E-state index in [4.69, 9.17) is 4.74 Å². The third kappa shape index (κ3) is 3.76. The molecule has 0 aliphatic carbocycles. The van der Waals surface area contributed by atoms with E-state index in [-0.39, 0.29) is 18.0 Å². The quantitative estimate of drug-likeness (QED) is 0.718. The maximum Gasteiger partial charge on any atom is 0.237 e. The lowest BCUT2D eigenvalue weighted by atomic mass is 10.2. The van der Waals surface area contributed by atoms with Crippen LogP contribution in [0.3, 0.4) is 0 Å². The van der Waals surface area contributed by atoms with Gasteiger partial charge < -0.3 is 9.64 Å². The number of hydrogen-bond acceptors (Lipinski definition) is 3. The van der Waals surface area contributed by atoms with E-state index in [1.165, 1.54) is 0 Å². The third-order valence-electron chi connectivity index (χ3n) is 2.86. The lowest BCUT2D eigenvalue weighted by Crippen LogP contribution is -2.49. The van der Waals surface area contributed by atoms with Crippen LogP contribution in [0.5, 0.6) is 0 Å². The van der Waals surface area contributed by atoms with Crippen LogP contribution in [0.1, 0.15) is 27.7 Å². The van der Waals surface area contributed by atoms with Crippen LogP contribution < -0.4 is 0 Å². The summed E-state index contributed by atoms with van der Waals surface area (Å²) in [7, 11) is 0. The van der Waals surface area contributed by atoms with Crippen molar-refractivity contribution in [2.45, 2.75) is 39.8 Å². The zero-order valence-electron chi connectivity index (χ0n) is 10.9. The highest BCUT2D eigenvalue weighted by Crippen LogP contribution is 2.07. The number of ether oxygens (including phenoxy) is 1. The molecule has 0 bridgehead atoms. The van der Waals surface area contributed by atoms with Gasteiger partial charge in [-0.2, -0.15) is 0 Å². The van der Waals surface area contributed by atoms with Gasteiger partial charge in [0, 0.05) is 25.2 Å². The van der Waals surface area contributed by atoms with Crippen molar-refractivity contribution in [1.82, 2.24) is 9.80 Å². The SMILES string of the molecule is CC(C)N(C(=O)CN1CCOCC1)C(C)C. The van der Waals surface area contributed by atoms with Gasteiger partial charge in [0.15, 0.2) is 0 Å². The Hall–Kier alpha value is -0.610. The van der Waals surface area contributed by atoms with Gasteiger partial charge in [-0.05, 0) is 27.7 Å². The summed E-state index contributed by atoms with van der Waals surface area (Å²) in [6.45, 7) is 12.0. The first kappa shape index (κ1) is 13.5. The van der Waals surface area contributed by atoms with Gasteiger partial charge in [0.2, 0.25) is 5.91 Å². The highest BCUT2D eigenvalue weighted by atomic mass is 16.5. The van der Waals surface area contributed by atoms with Gasteiger partial charge in [-0.1, -0.05) is 0 Å². The molecule has 4 heteroatoms. The Labute approximate surface area is 98.5 Å². The summed E-state index contributed by atoms with van der Waals surface area (Å²) >= 11 is 0. The first-order valence-corrected chi connectivity index (χ1v) is 6.13. The van der Waals surface area contributed by atoms with Crippen LogP contribution in [0, 0.1) is 0 Å². The van der Waals surface area contributed by atoms with Crippen LogP contribution >= 0.6 is 0 Å². The molecule has 0 aromatic heterocycles. The van der Waals surface area contributed by atoms with E-state index in [1.807, 2.05) is 4.90 Å². The number of carbonyl (C=O) groups excluding carboxylic acids is 1. The van der Waals surface area contributed by atoms with Crippen molar-refractivity contribution in [2.75, 3.05) is 32.8 Å². The molecule has 0 spiro atoms. The lowest BCUT2D eigenvalue weighted by molar-refractivity contribution is -0.137. The van der Waals surface area contributed by atoms with Crippen molar-refractivity contribution in [3.63, 3.8) is 0 Å². The Balaban J connectivity index is 2.47. The predicted molar refractivity (Wildman–Crippen MR) is 64.4 cm³/mol. The van der Waals surface area contributed by atoms with Crippen molar-refractivity contribution in [3.8, 4) is 0 Å². The van der Waals surface area contributed by atoms with Crippen molar-refractivity contribution in [1.29, 1.82) is 0 Å². The number of nitrogens with zero attached hydrogens (tertiary/aromatic N) is 2. The molecule has 4 nitrogen and oxygen atoms in total. The third-order valence-corrected chi connectivity index (χ3v) is 2.86. The molecule has 0 unspecified atom stereocenters. The van der Waals surface area contributed by atoms with Crippen LogP contribution in [0.15, 0.2) is 0 Å². The second-order valence-corrected chi connectivity index (χ2v) is 4.88. The number of carbonyl (C=O) groups is 1. The Kier molecular flexibility index (Phi) is 5.22. The van der Waals surface area contributed by atoms with E-state index in [9.17, 15) is 4.79 Å². The first-order chi connectivity index (χ1) is 7.52. The molecule has 0 N–H and O–H groups in total. The number of amides is 1. The molecule has 1 amide bonds. The molecule has 0 aromatic carbocycles. The van der Waals surface area contributed by atoms with Crippen molar-refractivity contribution in [2.24, 2.45) is 0 Å². The zero-order chi connectivity index (χ0) is 12.1. The predicted octanol–water partition coefficient (Wildman–Crippen LogP) is 0.964. The van der Waals surface area contributed by atoms with Crippen LogP contribution in [0.4, 0.5) is 0 Å². The molecular weight excluding hydrogens is 204 g/mol. The monoisotopic (exact) mass is 228 g/mol. The summed E-state index contributed by atoms with van der Waals surface area (Å²) < 4.78 is 5.27.